The van der Waals surface area contributed by atoms with Crippen LogP contribution in [-0.2, 0) is 16.3 Å². The number of rotatable bonds is 6. The van der Waals surface area contributed by atoms with Crippen molar-refractivity contribution >= 4 is 21.2 Å². The second kappa shape index (κ2) is 5.67. The SMILES string of the molecule is CC(c1cccs1)S(=O)(=O)CCCc1cn[nH]c1. The van der Waals surface area contributed by atoms with Crippen molar-refractivity contribution in [2.75, 3.05) is 5.75 Å². The third-order valence-electron chi connectivity index (χ3n) is 2.93. The van der Waals surface area contributed by atoms with Crippen molar-refractivity contribution < 1.29 is 8.42 Å². The van der Waals surface area contributed by atoms with Gasteiger partial charge in [0.2, 0.25) is 0 Å². The highest BCUT2D eigenvalue weighted by atomic mass is 32.2. The Morgan fingerprint density at radius 3 is 2.94 bits per heavy atom. The second-order valence-electron chi connectivity index (χ2n) is 4.23. The van der Waals surface area contributed by atoms with Crippen LogP contribution < -0.4 is 0 Å². The number of sulfone groups is 1. The van der Waals surface area contributed by atoms with E-state index in [0.717, 1.165) is 16.9 Å². The van der Waals surface area contributed by atoms with Gasteiger partial charge in [-0.05, 0) is 36.8 Å². The van der Waals surface area contributed by atoms with Gasteiger partial charge in [-0.2, -0.15) is 5.10 Å². The molecule has 0 radical (unpaired) electrons. The van der Waals surface area contributed by atoms with Gasteiger partial charge in [-0.3, -0.25) is 5.10 Å². The highest BCUT2D eigenvalue weighted by molar-refractivity contribution is 7.91. The normalized spacial score (nSPS) is 13.6. The van der Waals surface area contributed by atoms with E-state index in [-0.39, 0.29) is 5.75 Å². The molecule has 98 valence electrons. The molecule has 0 aliphatic rings. The first-order chi connectivity index (χ1) is 8.59. The summed E-state index contributed by atoms with van der Waals surface area (Å²) in [6.07, 6.45) is 4.91. The second-order valence-corrected chi connectivity index (χ2v) is 7.66. The maximum absolute atomic E-state index is 12.1. The lowest BCUT2D eigenvalue weighted by molar-refractivity contribution is 0.584. The van der Waals surface area contributed by atoms with Gasteiger partial charge in [0.1, 0.15) is 0 Å². The molecule has 0 fully saturated rings. The van der Waals surface area contributed by atoms with Gasteiger partial charge in [0.05, 0.1) is 17.2 Å². The number of hydrogen-bond donors (Lipinski definition) is 1. The van der Waals surface area contributed by atoms with Crippen molar-refractivity contribution in [1.29, 1.82) is 0 Å². The molecule has 2 aromatic rings. The Balaban J connectivity index is 1.91. The van der Waals surface area contributed by atoms with Crippen molar-refractivity contribution in [2.45, 2.75) is 25.0 Å². The van der Waals surface area contributed by atoms with Crippen LogP contribution in [0.15, 0.2) is 29.9 Å². The molecular formula is C12H16N2O2S2. The van der Waals surface area contributed by atoms with Crippen molar-refractivity contribution in [3.63, 3.8) is 0 Å². The van der Waals surface area contributed by atoms with Gasteiger partial charge in [0.25, 0.3) is 0 Å². The summed E-state index contributed by atoms with van der Waals surface area (Å²) < 4.78 is 24.3. The van der Waals surface area contributed by atoms with Crippen LogP contribution in [0.5, 0.6) is 0 Å². The first-order valence-electron chi connectivity index (χ1n) is 5.82. The lowest BCUT2D eigenvalue weighted by Crippen LogP contribution is -2.14. The zero-order valence-electron chi connectivity index (χ0n) is 10.2. The molecule has 0 aliphatic heterocycles. The molecule has 6 heteroatoms. The summed E-state index contributed by atoms with van der Waals surface area (Å²) in [6, 6.07) is 3.76. The maximum Gasteiger partial charge on any atom is 0.157 e. The highest BCUT2D eigenvalue weighted by Gasteiger charge is 2.22. The van der Waals surface area contributed by atoms with Crippen LogP contribution in [0.4, 0.5) is 0 Å². The number of H-pyrrole nitrogens is 1. The monoisotopic (exact) mass is 284 g/mol. The Morgan fingerprint density at radius 1 is 1.50 bits per heavy atom. The molecule has 1 atom stereocenters. The zero-order chi connectivity index (χ0) is 13.0. The van der Waals surface area contributed by atoms with Gasteiger partial charge >= 0.3 is 0 Å². The van der Waals surface area contributed by atoms with Crippen LogP contribution in [0.25, 0.3) is 0 Å². The summed E-state index contributed by atoms with van der Waals surface area (Å²) in [5.41, 5.74) is 1.05. The minimum atomic E-state index is -3.06. The summed E-state index contributed by atoms with van der Waals surface area (Å²) in [7, 11) is -3.06. The average Bonchev–Trinajstić information content (AvgIpc) is 3.00. The number of hydrogen-bond acceptors (Lipinski definition) is 4. The van der Waals surface area contributed by atoms with Crippen LogP contribution in [0, 0.1) is 0 Å². The molecule has 0 saturated carbocycles. The molecule has 1 unspecified atom stereocenters. The number of aryl methyl sites for hydroxylation is 1. The van der Waals surface area contributed by atoms with E-state index >= 15 is 0 Å². The lowest BCUT2D eigenvalue weighted by atomic mass is 10.2. The number of nitrogens with zero attached hydrogens (tertiary/aromatic N) is 1. The molecule has 0 aromatic carbocycles. The number of nitrogens with one attached hydrogen (secondary N) is 1. The molecule has 0 spiro atoms. The summed E-state index contributed by atoms with van der Waals surface area (Å²) in [5, 5.41) is 8.07. The van der Waals surface area contributed by atoms with Crippen molar-refractivity contribution in [3.05, 3.63) is 40.3 Å². The van der Waals surface area contributed by atoms with Gasteiger partial charge in [-0.1, -0.05) is 6.07 Å². The van der Waals surface area contributed by atoms with Crippen LogP contribution in [0.2, 0.25) is 0 Å². The average molecular weight is 284 g/mol. The topological polar surface area (TPSA) is 62.8 Å². The third kappa shape index (κ3) is 3.20. The lowest BCUT2D eigenvalue weighted by Gasteiger charge is -2.10. The van der Waals surface area contributed by atoms with E-state index in [1.165, 1.54) is 11.3 Å². The molecule has 0 amide bonds. The van der Waals surface area contributed by atoms with Gasteiger partial charge in [0.15, 0.2) is 9.84 Å². The van der Waals surface area contributed by atoms with Crippen LogP contribution in [-0.4, -0.2) is 24.4 Å². The summed E-state index contributed by atoms with van der Waals surface area (Å²) in [5.74, 6) is 0.219. The Kier molecular flexibility index (Phi) is 4.19. The fourth-order valence-electron chi connectivity index (χ4n) is 1.77. The molecule has 4 nitrogen and oxygen atoms in total. The fraction of sp³-hybridized carbons (Fsp3) is 0.417. The molecule has 1 N–H and O–H groups in total. The molecule has 2 rings (SSSR count). The maximum atomic E-state index is 12.1. The molecule has 2 heterocycles. The van der Waals surface area contributed by atoms with E-state index in [1.807, 2.05) is 17.5 Å². The number of aromatic nitrogens is 2. The van der Waals surface area contributed by atoms with Crippen molar-refractivity contribution in [3.8, 4) is 0 Å². The van der Waals surface area contributed by atoms with Crippen LogP contribution in [0.1, 0.15) is 29.0 Å². The Bertz CT molecular complexity index is 559. The van der Waals surface area contributed by atoms with Crippen molar-refractivity contribution in [1.82, 2.24) is 10.2 Å². The van der Waals surface area contributed by atoms with Gasteiger partial charge in [0, 0.05) is 11.1 Å². The van der Waals surface area contributed by atoms with E-state index in [4.69, 9.17) is 0 Å². The third-order valence-corrected chi connectivity index (χ3v) is 6.32. The Morgan fingerprint density at radius 2 is 2.33 bits per heavy atom. The molecule has 0 saturated heterocycles. The quantitative estimate of drug-likeness (QED) is 0.886. The number of thiophene rings is 1. The molecule has 0 aliphatic carbocycles. The van der Waals surface area contributed by atoms with Crippen molar-refractivity contribution in [2.24, 2.45) is 0 Å². The summed E-state index contributed by atoms with van der Waals surface area (Å²) in [4.78, 5) is 0.915. The first kappa shape index (κ1) is 13.3. The van der Waals surface area contributed by atoms with E-state index in [9.17, 15) is 8.42 Å². The summed E-state index contributed by atoms with van der Waals surface area (Å²) in [6.45, 7) is 1.76. The molecule has 2 aromatic heterocycles. The fourth-order valence-corrected chi connectivity index (χ4v) is 4.37. The standard InChI is InChI=1S/C12H16N2O2S2/c1-10(12-5-2-6-17-12)18(15,16)7-3-4-11-8-13-14-9-11/h2,5-6,8-10H,3-4,7H2,1H3,(H,13,14). The minimum absolute atomic E-state index is 0.219. The van der Waals surface area contributed by atoms with E-state index in [0.29, 0.717) is 6.42 Å². The highest BCUT2D eigenvalue weighted by Crippen LogP contribution is 2.27. The van der Waals surface area contributed by atoms with E-state index in [2.05, 4.69) is 10.2 Å². The molecule has 18 heavy (non-hydrogen) atoms. The van der Waals surface area contributed by atoms with Gasteiger partial charge in [-0.25, -0.2) is 8.42 Å². The Labute approximate surface area is 111 Å². The van der Waals surface area contributed by atoms with Crippen LogP contribution in [0.3, 0.4) is 0 Å². The predicted octanol–water partition coefficient (Wildman–Crippen LogP) is 2.58. The smallest absolute Gasteiger partial charge is 0.157 e. The zero-order valence-corrected chi connectivity index (χ0v) is 11.8. The Hall–Kier alpha value is -1.14. The predicted molar refractivity (Wildman–Crippen MR) is 73.4 cm³/mol. The number of aromatic amines is 1. The van der Waals surface area contributed by atoms with E-state index in [1.54, 1.807) is 19.3 Å². The largest absolute Gasteiger partial charge is 0.285 e. The molecule has 0 bridgehead atoms. The van der Waals surface area contributed by atoms with Gasteiger partial charge in [-0.15, -0.1) is 11.3 Å². The first-order valence-corrected chi connectivity index (χ1v) is 8.42. The van der Waals surface area contributed by atoms with E-state index < -0.39 is 15.1 Å². The van der Waals surface area contributed by atoms with Crippen LogP contribution >= 0.6 is 11.3 Å². The van der Waals surface area contributed by atoms with Gasteiger partial charge < -0.3 is 0 Å². The summed E-state index contributed by atoms with van der Waals surface area (Å²) >= 11 is 1.49. The molecular weight excluding hydrogens is 268 g/mol. The minimum Gasteiger partial charge on any atom is -0.285 e.